The van der Waals surface area contributed by atoms with Crippen LogP contribution in [0.3, 0.4) is 0 Å². The number of anilines is 1. The molecular formula is C14H14N2OS. The highest BCUT2D eigenvalue weighted by Gasteiger charge is 2.02. The van der Waals surface area contributed by atoms with Crippen molar-refractivity contribution in [3.8, 4) is 11.8 Å². The summed E-state index contributed by atoms with van der Waals surface area (Å²) in [5.74, 6) is 0.840. The van der Waals surface area contributed by atoms with Gasteiger partial charge in [0, 0.05) is 23.2 Å². The van der Waals surface area contributed by atoms with Gasteiger partial charge >= 0.3 is 0 Å². The molecule has 1 aromatic heterocycles. The van der Waals surface area contributed by atoms with Crippen molar-refractivity contribution in [2.75, 3.05) is 12.4 Å². The van der Waals surface area contributed by atoms with Crippen molar-refractivity contribution in [1.82, 2.24) is 0 Å². The van der Waals surface area contributed by atoms with Crippen LogP contribution in [0.4, 0.5) is 5.69 Å². The molecular weight excluding hydrogens is 244 g/mol. The number of hydrogen-bond donors (Lipinski definition) is 1. The fourth-order valence-electron chi connectivity index (χ4n) is 1.63. The van der Waals surface area contributed by atoms with E-state index in [0.29, 0.717) is 0 Å². The molecule has 0 unspecified atom stereocenters. The molecule has 0 radical (unpaired) electrons. The van der Waals surface area contributed by atoms with Crippen molar-refractivity contribution in [2.24, 2.45) is 0 Å². The molecule has 0 saturated carbocycles. The Balaban J connectivity index is 2.08. The van der Waals surface area contributed by atoms with Gasteiger partial charge in [0.1, 0.15) is 16.7 Å². The molecule has 92 valence electrons. The van der Waals surface area contributed by atoms with Gasteiger partial charge in [0.15, 0.2) is 0 Å². The molecule has 0 aliphatic heterocycles. The number of hydrogen-bond acceptors (Lipinski definition) is 4. The van der Waals surface area contributed by atoms with E-state index in [0.717, 1.165) is 27.7 Å². The van der Waals surface area contributed by atoms with E-state index in [-0.39, 0.29) is 0 Å². The fourth-order valence-corrected chi connectivity index (χ4v) is 2.38. The molecule has 0 saturated heterocycles. The Bertz CT molecular complexity index is 584. The standard InChI is InChI=1S/C14H14N2OS/c1-10-3-4-11(17-2)7-14(10)16-9-13-6-5-12(8-15)18-13/h3-7,16H,9H2,1-2H3. The highest BCUT2D eigenvalue weighted by Crippen LogP contribution is 2.23. The van der Waals surface area contributed by atoms with Gasteiger partial charge < -0.3 is 10.1 Å². The number of rotatable bonds is 4. The Morgan fingerprint density at radius 2 is 2.17 bits per heavy atom. The molecule has 1 heterocycles. The lowest BCUT2D eigenvalue weighted by Gasteiger charge is -2.10. The number of aryl methyl sites for hydroxylation is 1. The maximum Gasteiger partial charge on any atom is 0.120 e. The number of benzene rings is 1. The largest absolute Gasteiger partial charge is 0.497 e. The van der Waals surface area contributed by atoms with Crippen molar-refractivity contribution in [1.29, 1.82) is 5.26 Å². The predicted octanol–water partition coefficient (Wildman–Crippen LogP) is 3.55. The monoisotopic (exact) mass is 258 g/mol. The maximum absolute atomic E-state index is 8.77. The van der Waals surface area contributed by atoms with E-state index in [1.54, 1.807) is 7.11 Å². The molecule has 0 aliphatic rings. The number of methoxy groups -OCH3 is 1. The van der Waals surface area contributed by atoms with Crippen molar-refractivity contribution < 1.29 is 4.74 Å². The van der Waals surface area contributed by atoms with Gasteiger partial charge in [-0.25, -0.2) is 0 Å². The lowest BCUT2D eigenvalue weighted by Crippen LogP contribution is -1.99. The average Bonchev–Trinajstić information content (AvgIpc) is 2.86. The summed E-state index contributed by atoms with van der Waals surface area (Å²) < 4.78 is 5.20. The number of nitrogens with one attached hydrogen (secondary N) is 1. The summed E-state index contributed by atoms with van der Waals surface area (Å²) in [4.78, 5) is 1.89. The van der Waals surface area contributed by atoms with E-state index >= 15 is 0 Å². The Labute approximate surface area is 111 Å². The Kier molecular flexibility index (Phi) is 3.85. The van der Waals surface area contributed by atoms with Gasteiger partial charge in [-0.3, -0.25) is 0 Å². The number of ether oxygens (including phenoxy) is 1. The van der Waals surface area contributed by atoms with Gasteiger partial charge in [0.2, 0.25) is 0 Å². The molecule has 0 amide bonds. The molecule has 0 aliphatic carbocycles. The van der Waals surface area contributed by atoms with Gasteiger partial charge in [-0.2, -0.15) is 5.26 Å². The first kappa shape index (κ1) is 12.5. The minimum Gasteiger partial charge on any atom is -0.497 e. The zero-order valence-corrected chi connectivity index (χ0v) is 11.2. The number of nitrogens with zero attached hydrogens (tertiary/aromatic N) is 1. The van der Waals surface area contributed by atoms with Crippen LogP contribution < -0.4 is 10.1 Å². The van der Waals surface area contributed by atoms with Gasteiger partial charge in [0.05, 0.1) is 7.11 Å². The van der Waals surface area contributed by atoms with Crippen LogP contribution >= 0.6 is 11.3 Å². The first-order valence-electron chi connectivity index (χ1n) is 5.60. The van der Waals surface area contributed by atoms with Crippen LogP contribution in [0, 0.1) is 18.3 Å². The summed E-state index contributed by atoms with van der Waals surface area (Å²) in [6.07, 6.45) is 0. The second-order valence-corrected chi connectivity index (χ2v) is 5.08. The van der Waals surface area contributed by atoms with Crippen LogP contribution in [0.1, 0.15) is 15.3 Å². The van der Waals surface area contributed by atoms with Gasteiger partial charge in [-0.05, 0) is 30.7 Å². The highest BCUT2D eigenvalue weighted by atomic mass is 32.1. The average molecular weight is 258 g/mol. The molecule has 0 fully saturated rings. The van der Waals surface area contributed by atoms with Gasteiger partial charge in [-0.1, -0.05) is 6.07 Å². The molecule has 0 atom stereocenters. The van der Waals surface area contributed by atoms with Crippen molar-refractivity contribution in [3.63, 3.8) is 0 Å². The molecule has 2 aromatic rings. The summed E-state index contributed by atoms with van der Waals surface area (Å²) in [5, 5.41) is 12.1. The molecule has 18 heavy (non-hydrogen) atoms. The quantitative estimate of drug-likeness (QED) is 0.912. The Hall–Kier alpha value is -1.99. The zero-order chi connectivity index (χ0) is 13.0. The third kappa shape index (κ3) is 2.82. The van der Waals surface area contributed by atoms with E-state index in [1.165, 1.54) is 16.9 Å². The third-order valence-electron chi connectivity index (χ3n) is 2.67. The van der Waals surface area contributed by atoms with E-state index in [1.807, 2.05) is 30.3 Å². The van der Waals surface area contributed by atoms with Crippen LogP contribution in [0.5, 0.6) is 5.75 Å². The molecule has 0 bridgehead atoms. The smallest absolute Gasteiger partial charge is 0.120 e. The van der Waals surface area contributed by atoms with Gasteiger partial charge in [-0.15, -0.1) is 11.3 Å². The number of thiophene rings is 1. The maximum atomic E-state index is 8.77. The van der Waals surface area contributed by atoms with Crippen molar-refractivity contribution in [3.05, 3.63) is 45.6 Å². The van der Waals surface area contributed by atoms with Crippen LogP contribution in [0.25, 0.3) is 0 Å². The minimum atomic E-state index is 0.723. The van der Waals surface area contributed by atoms with Crippen LogP contribution in [-0.2, 0) is 6.54 Å². The fraction of sp³-hybridized carbons (Fsp3) is 0.214. The molecule has 0 spiro atoms. The molecule has 4 heteroatoms. The SMILES string of the molecule is COc1ccc(C)c(NCc2ccc(C#N)s2)c1. The molecule has 1 N–H and O–H groups in total. The van der Waals surface area contributed by atoms with Crippen molar-refractivity contribution in [2.45, 2.75) is 13.5 Å². The summed E-state index contributed by atoms with van der Waals surface area (Å²) in [6, 6.07) is 11.9. The highest BCUT2D eigenvalue weighted by molar-refractivity contribution is 7.12. The second kappa shape index (κ2) is 5.56. The summed E-state index contributed by atoms with van der Waals surface area (Å²) >= 11 is 1.51. The summed E-state index contributed by atoms with van der Waals surface area (Å²) in [7, 11) is 1.66. The molecule has 1 aromatic carbocycles. The van der Waals surface area contributed by atoms with Crippen LogP contribution in [-0.4, -0.2) is 7.11 Å². The topological polar surface area (TPSA) is 45.0 Å². The van der Waals surface area contributed by atoms with Crippen LogP contribution in [0.15, 0.2) is 30.3 Å². The molecule has 3 nitrogen and oxygen atoms in total. The molecule has 2 rings (SSSR count). The van der Waals surface area contributed by atoms with Crippen molar-refractivity contribution >= 4 is 17.0 Å². The minimum absolute atomic E-state index is 0.723. The lowest BCUT2D eigenvalue weighted by atomic mass is 10.2. The third-order valence-corrected chi connectivity index (χ3v) is 3.66. The summed E-state index contributed by atoms with van der Waals surface area (Å²) in [6.45, 7) is 2.78. The van der Waals surface area contributed by atoms with E-state index in [2.05, 4.69) is 18.3 Å². The predicted molar refractivity (Wildman–Crippen MR) is 74.1 cm³/mol. The first-order chi connectivity index (χ1) is 8.72. The van der Waals surface area contributed by atoms with E-state index in [4.69, 9.17) is 10.00 Å². The first-order valence-corrected chi connectivity index (χ1v) is 6.42. The van der Waals surface area contributed by atoms with Crippen LogP contribution in [0.2, 0.25) is 0 Å². The Morgan fingerprint density at radius 1 is 1.33 bits per heavy atom. The number of nitriles is 1. The summed E-state index contributed by atoms with van der Waals surface area (Å²) in [5.41, 5.74) is 2.23. The Morgan fingerprint density at radius 3 is 2.83 bits per heavy atom. The second-order valence-electron chi connectivity index (χ2n) is 3.91. The zero-order valence-electron chi connectivity index (χ0n) is 10.4. The van der Waals surface area contributed by atoms with Gasteiger partial charge in [0.25, 0.3) is 0 Å². The lowest BCUT2D eigenvalue weighted by molar-refractivity contribution is 0.415. The van der Waals surface area contributed by atoms with E-state index in [9.17, 15) is 0 Å². The normalized spacial score (nSPS) is 9.83. The van der Waals surface area contributed by atoms with E-state index < -0.39 is 0 Å².